The van der Waals surface area contributed by atoms with Gasteiger partial charge in [0.15, 0.2) is 11.5 Å². The molecule has 6 heteroatoms. The zero-order valence-electron chi connectivity index (χ0n) is 15.3. The number of methoxy groups -OCH3 is 3. The van der Waals surface area contributed by atoms with Crippen LogP contribution in [0.15, 0.2) is 36.4 Å². The van der Waals surface area contributed by atoms with Crippen LogP contribution in [0, 0.1) is 12.7 Å². The van der Waals surface area contributed by atoms with Crippen LogP contribution in [0.2, 0.25) is 0 Å². The second kappa shape index (κ2) is 8.89. The van der Waals surface area contributed by atoms with Gasteiger partial charge in [0.2, 0.25) is 11.7 Å². The van der Waals surface area contributed by atoms with Crippen LogP contribution in [0.4, 0.5) is 4.39 Å². The van der Waals surface area contributed by atoms with Crippen molar-refractivity contribution in [2.45, 2.75) is 13.5 Å². The topological polar surface area (TPSA) is 56.8 Å². The molecule has 1 N–H and O–H groups in total. The van der Waals surface area contributed by atoms with Gasteiger partial charge < -0.3 is 19.5 Å². The number of rotatable bonds is 7. The highest BCUT2D eigenvalue weighted by Crippen LogP contribution is 2.38. The number of benzene rings is 2. The quantitative estimate of drug-likeness (QED) is 0.769. The van der Waals surface area contributed by atoms with E-state index >= 15 is 0 Å². The van der Waals surface area contributed by atoms with Crippen LogP contribution in [0.1, 0.15) is 16.7 Å². The van der Waals surface area contributed by atoms with Crippen LogP contribution in [0.5, 0.6) is 17.2 Å². The van der Waals surface area contributed by atoms with Gasteiger partial charge in [0.1, 0.15) is 5.82 Å². The first-order valence-corrected chi connectivity index (χ1v) is 7.99. The molecule has 0 aliphatic rings. The van der Waals surface area contributed by atoms with Gasteiger partial charge in [-0.1, -0.05) is 12.1 Å². The molecule has 2 aromatic carbocycles. The average Bonchev–Trinajstić information content (AvgIpc) is 2.66. The zero-order chi connectivity index (χ0) is 19.1. The lowest BCUT2D eigenvalue weighted by molar-refractivity contribution is -0.116. The fourth-order valence-corrected chi connectivity index (χ4v) is 2.36. The van der Waals surface area contributed by atoms with E-state index in [0.717, 1.165) is 5.56 Å². The van der Waals surface area contributed by atoms with Gasteiger partial charge in [-0.15, -0.1) is 0 Å². The standard InChI is InChI=1S/C20H22FNO4/c1-13-5-6-15(9-16(13)21)12-22-19(23)8-7-14-10-17(24-2)20(26-4)18(11-14)25-3/h5-11H,12H2,1-4H3,(H,22,23)/b8-7+. The summed E-state index contributed by atoms with van der Waals surface area (Å²) in [5.74, 6) is 0.909. The van der Waals surface area contributed by atoms with Gasteiger partial charge in [-0.25, -0.2) is 4.39 Å². The van der Waals surface area contributed by atoms with Crippen molar-refractivity contribution in [2.75, 3.05) is 21.3 Å². The Morgan fingerprint density at radius 1 is 1.08 bits per heavy atom. The van der Waals surface area contributed by atoms with Crippen LogP contribution in [0.3, 0.4) is 0 Å². The molecule has 0 bridgehead atoms. The summed E-state index contributed by atoms with van der Waals surface area (Å²) in [5.41, 5.74) is 1.99. The molecule has 0 aromatic heterocycles. The zero-order valence-corrected chi connectivity index (χ0v) is 15.3. The number of amides is 1. The molecule has 0 spiro atoms. The van der Waals surface area contributed by atoms with Crippen molar-refractivity contribution in [3.05, 3.63) is 58.9 Å². The fourth-order valence-electron chi connectivity index (χ4n) is 2.36. The molecule has 5 nitrogen and oxygen atoms in total. The number of hydrogen-bond acceptors (Lipinski definition) is 4. The molecule has 0 atom stereocenters. The SMILES string of the molecule is COc1cc(/C=C/C(=O)NCc2ccc(C)c(F)c2)cc(OC)c1OC. The third kappa shape index (κ3) is 4.75. The Hall–Kier alpha value is -3.02. The van der Waals surface area contributed by atoms with Gasteiger partial charge in [0, 0.05) is 12.6 Å². The molecule has 26 heavy (non-hydrogen) atoms. The van der Waals surface area contributed by atoms with Crippen molar-refractivity contribution >= 4 is 12.0 Å². The maximum Gasteiger partial charge on any atom is 0.244 e. The van der Waals surface area contributed by atoms with E-state index in [9.17, 15) is 9.18 Å². The highest BCUT2D eigenvalue weighted by Gasteiger charge is 2.12. The first-order valence-electron chi connectivity index (χ1n) is 7.99. The maximum atomic E-state index is 13.5. The first kappa shape index (κ1) is 19.3. The smallest absolute Gasteiger partial charge is 0.244 e. The maximum absolute atomic E-state index is 13.5. The number of carbonyl (C=O) groups is 1. The third-order valence-electron chi connectivity index (χ3n) is 3.82. The summed E-state index contributed by atoms with van der Waals surface area (Å²) in [6.07, 6.45) is 3.03. The molecule has 0 heterocycles. The van der Waals surface area contributed by atoms with Crippen LogP contribution in [0.25, 0.3) is 6.08 Å². The molecule has 138 valence electrons. The van der Waals surface area contributed by atoms with E-state index in [1.54, 1.807) is 37.3 Å². The van der Waals surface area contributed by atoms with Crippen LogP contribution >= 0.6 is 0 Å². The first-order chi connectivity index (χ1) is 12.5. The molecular weight excluding hydrogens is 337 g/mol. The molecule has 0 unspecified atom stereocenters. The Morgan fingerprint density at radius 3 is 2.27 bits per heavy atom. The van der Waals surface area contributed by atoms with E-state index < -0.39 is 0 Å². The molecule has 2 aromatic rings. The van der Waals surface area contributed by atoms with Gasteiger partial charge in [-0.2, -0.15) is 0 Å². The Balaban J connectivity index is 2.06. The number of halogens is 1. The Kier molecular flexibility index (Phi) is 6.60. The van der Waals surface area contributed by atoms with Crippen LogP contribution in [-0.2, 0) is 11.3 Å². The second-order valence-electron chi connectivity index (χ2n) is 5.59. The van der Waals surface area contributed by atoms with Gasteiger partial charge in [0.25, 0.3) is 0 Å². The van der Waals surface area contributed by atoms with Crippen molar-refractivity contribution in [3.63, 3.8) is 0 Å². The number of nitrogens with one attached hydrogen (secondary N) is 1. The Labute approximate surface area is 152 Å². The predicted octanol–water partition coefficient (Wildman–Crippen LogP) is 3.49. The van der Waals surface area contributed by atoms with Crippen molar-refractivity contribution in [3.8, 4) is 17.2 Å². The fraction of sp³-hybridized carbons (Fsp3) is 0.250. The van der Waals surface area contributed by atoms with Crippen molar-refractivity contribution in [1.29, 1.82) is 0 Å². The van der Waals surface area contributed by atoms with Crippen molar-refractivity contribution in [2.24, 2.45) is 0 Å². The molecule has 0 fully saturated rings. The van der Waals surface area contributed by atoms with E-state index in [2.05, 4.69) is 5.32 Å². The minimum atomic E-state index is -0.292. The number of hydrogen-bond donors (Lipinski definition) is 1. The normalized spacial score (nSPS) is 10.7. The van der Waals surface area contributed by atoms with Gasteiger partial charge in [-0.05, 0) is 47.9 Å². The molecule has 2 rings (SSSR count). The lowest BCUT2D eigenvalue weighted by Crippen LogP contribution is -2.20. The number of aryl methyl sites for hydroxylation is 1. The summed E-state index contributed by atoms with van der Waals surface area (Å²) in [5, 5.41) is 2.72. The Morgan fingerprint density at radius 2 is 1.73 bits per heavy atom. The molecule has 1 amide bonds. The lowest BCUT2D eigenvalue weighted by atomic mass is 10.1. The largest absolute Gasteiger partial charge is 0.493 e. The summed E-state index contributed by atoms with van der Waals surface area (Å²) < 4.78 is 29.3. The number of ether oxygens (including phenoxy) is 3. The molecule has 0 saturated carbocycles. The lowest BCUT2D eigenvalue weighted by Gasteiger charge is -2.12. The Bertz CT molecular complexity index is 792. The van der Waals surface area contributed by atoms with Crippen molar-refractivity contribution in [1.82, 2.24) is 5.32 Å². The van der Waals surface area contributed by atoms with Crippen LogP contribution < -0.4 is 19.5 Å². The van der Waals surface area contributed by atoms with E-state index in [1.807, 2.05) is 0 Å². The molecular formula is C20H22FNO4. The third-order valence-corrected chi connectivity index (χ3v) is 3.82. The highest BCUT2D eigenvalue weighted by molar-refractivity contribution is 5.91. The van der Waals surface area contributed by atoms with Gasteiger partial charge >= 0.3 is 0 Å². The summed E-state index contributed by atoms with van der Waals surface area (Å²) >= 11 is 0. The highest BCUT2D eigenvalue weighted by atomic mass is 19.1. The molecule has 0 aliphatic carbocycles. The van der Waals surface area contributed by atoms with Gasteiger partial charge in [0.05, 0.1) is 21.3 Å². The van der Waals surface area contributed by atoms with E-state index in [4.69, 9.17) is 14.2 Å². The summed E-state index contributed by atoms with van der Waals surface area (Å²) in [6, 6.07) is 8.35. The van der Waals surface area contributed by atoms with Crippen LogP contribution in [-0.4, -0.2) is 27.2 Å². The number of carbonyl (C=O) groups excluding carboxylic acids is 1. The summed E-state index contributed by atoms with van der Waals surface area (Å²) in [6.45, 7) is 1.94. The average molecular weight is 359 g/mol. The van der Waals surface area contributed by atoms with E-state index in [0.29, 0.717) is 28.4 Å². The van der Waals surface area contributed by atoms with Gasteiger partial charge in [-0.3, -0.25) is 4.79 Å². The van der Waals surface area contributed by atoms with E-state index in [1.165, 1.54) is 33.5 Å². The molecule has 0 saturated heterocycles. The minimum Gasteiger partial charge on any atom is -0.493 e. The monoisotopic (exact) mass is 359 g/mol. The molecule has 0 aliphatic heterocycles. The summed E-state index contributed by atoms with van der Waals surface area (Å²) in [4.78, 5) is 12.0. The minimum absolute atomic E-state index is 0.246. The van der Waals surface area contributed by atoms with E-state index in [-0.39, 0.29) is 18.3 Å². The summed E-state index contributed by atoms with van der Waals surface area (Å²) in [7, 11) is 4.58. The molecule has 0 radical (unpaired) electrons. The van der Waals surface area contributed by atoms with Crippen molar-refractivity contribution < 1.29 is 23.4 Å². The predicted molar refractivity (Wildman–Crippen MR) is 98.1 cm³/mol. The second-order valence-corrected chi connectivity index (χ2v) is 5.59.